The van der Waals surface area contributed by atoms with Crippen molar-refractivity contribution in [1.82, 2.24) is 4.31 Å². The van der Waals surface area contributed by atoms with Crippen LogP contribution in [0.15, 0.2) is 47.4 Å². The molecule has 3 rings (SSSR count). The van der Waals surface area contributed by atoms with Gasteiger partial charge in [0.1, 0.15) is 12.7 Å². The first-order chi connectivity index (χ1) is 12.6. The van der Waals surface area contributed by atoms with Crippen molar-refractivity contribution in [1.29, 1.82) is 0 Å². The normalized spacial score (nSPS) is 17.2. The van der Waals surface area contributed by atoms with Crippen LogP contribution in [0.5, 0.6) is 11.5 Å². The van der Waals surface area contributed by atoms with Crippen molar-refractivity contribution in [3.05, 3.63) is 53.1 Å². The molecule has 1 unspecified atom stereocenters. The first-order valence-corrected chi connectivity index (χ1v) is 9.62. The predicted octanol–water partition coefficient (Wildman–Crippen LogP) is 3.82. The van der Waals surface area contributed by atoms with Gasteiger partial charge in [-0.15, -0.1) is 0 Å². The maximum atomic E-state index is 13.0. The number of hydrogen-bond donors (Lipinski definition) is 0. The number of hydrogen-bond acceptors (Lipinski definition) is 4. The van der Waals surface area contributed by atoms with Gasteiger partial charge in [-0.05, 0) is 30.3 Å². The average molecular weight is 422 g/mol. The topological polar surface area (TPSA) is 55.8 Å². The first kappa shape index (κ1) is 19.8. The Hall–Kier alpha value is -1.97. The first-order valence-electron chi connectivity index (χ1n) is 7.80. The summed E-state index contributed by atoms with van der Waals surface area (Å²) in [4.78, 5) is -0.501. The number of sulfonamides is 1. The molecule has 0 radical (unpaired) electrons. The number of nitrogens with zero attached hydrogens (tertiary/aromatic N) is 1. The second kappa shape index (κ2) is 7.21. The number of benzene rings is 2. The van der Waals surface area contributed by atoms with Gasteiger partial charge in [-0.1, -0.05) is 23.7 Å². The summed E-state index contributed by atoms with van der Waals surface area (Å²) in [5.41, 5.74) is -1.20. The highest BCUT2D eigenvalue weighted by Crippen LogP contribution is 2.36. The third kappa shape index (κ3) is 4.15. The van der Waals surface area contributed by atoms with Gasteiger partial charge in [0, 0.05) is 7.05 Å². The third-order valence-corrected chi connectivity index (χ3v) is 6.13. The van der Waals surface area contributed by atoms with Gasteiger partial charge in [0.25, 0.3) is 0 Å². The van der Waals surface area contributed by atoms with Crippen molar-refractivity contribution < 1.29 is 31.1 Å². The monoisotopic (exact) mass is 421 g/mol. The van der Waals surface area contributed by atoms with E-state index in [4.69, 9.17) is 21.1 Å². The molecule has 2 aromatic carbocycles. The maximum Gasteiger partial charge on any atom is 0.417 e. The van der Waals surface area contributed by atoms with Crippen LogP contribution in [0.3, 0.4) is 0 Å². The summed E-state index contributed by atoms with van der Waals surface area (Å²) >= 11 is 5.55. The zero-order valence-corrected chi connectivity index (χ0v) is 15.6. The minimum Gasteiger partial charge on any atom is -0.486 e. The van der Waals surface area contributed by atoms with E-state index < -0.39 is 37.8 Å². The number of fused-ring (bicyclic) bond motifs is 1. The second-order valence-corrected chi connectivity index (χ2v) is 8.37. The zero-order valence-electron chi connectivity index (χ0n) is 14.0. The van der Waals surface area contributed by atoms with Crippen LogP contribution in [0.4, 0.5) is 13.2 Å². The molecule has 146 valence electrons. The summed E-state index contributed by atoms with van der Waals surface area (Å²) in [5.74, 6) is 1.03. The lowest BCUT2D eigenvalue weighted by Gasteiger charge is -2.29. The van der Waals surface area contributed by atoms with Crippen LogP contribution >= 0.6 is 11.6 Å². The molecule has 2 aromatic rings. The van der Waals surface area contributed by atoms with Gasteiger partial charge in [0.05, 0.1) is 22.0 Å². The molecule has 0 spiro atoms. The standard InChI is InChI=1S/C17H15ClF3NO4S/c1-22(9-11-10-25-15-4-2-3-5-16(15)26-11)27(23,24)12-6-7-14(18)13(8-12)17(19,20)21/h2-8,11H,9-10H2,1H3. The number of likely N-dealkylation sites (N-methyl/N-ethyl adjacent to an activating group) is 1. The molecule has 0 bridgehead atoms. The molecule has 0 aromatic heterocycles. The van der Waals surface area contributed by atoms with E-state index in [0.29, 0.717) is 17.6 Å². The molecular formula is C17H15ClF3NO4S. The number of para-hydroxylation sites is 2. The Balaban J connectivity index is 1.80. The zero-order chi connectivity index (χ0) is 19.8. The van der Waals surface area contributed by atoms with E-state index in [1.165, 1.54) is 7.05 Å². The summed E-state index contributed by atoms with van der Waals surface area (Å²) in [7, 11) is -2.91. The van der Waals surface area contributed by atoms with Crippen LogP contribution < -0.4 is 9.47 Å². The SMILES string of the molecule is CN(CC1COc2ccccc2O1)S(=O)(=O)c1ccc(Cl)c(C(F)(F)F)c1. The molecule has 0 N–H and O–H groups in total. The van der Waals surface area contributed by atoms with Crippen LogP contribution in [0.2, 0.25) is 5.02 Å². The van der Waals surface area contributed by atoms with E-state index in [2.05, 4.69) is 0 Å². The maximum absolute atomic E-state index is 13.0. The lowest BCUT2D eigenvalue weighted by Crippen LogP contribution is -2.41. The molecule has 0 saturated carbocycles. The van der Waals surface area contributed by atoms with Gasteiger partial charge >= 0.3 is 6.18 Å². The number of rotatable bonds is 4. The van der Waals surface area contributed by atoms with Crippen molar-refractivity contribution in [3.8, 4) is 11.5 Å². The van der Waals surface area contributed by atoms with Crippen LogP contribution in [0.1, 0.15) is 5.56 Å². The Bertz CT molecular complexity index is 949. The molecule has 0 fully saturated rings. The Labute approximate surface area is 159 Å². The van der Waals surface area contributed by atoms with Gasteiger partial charge in [-0.3, -0.25) is 0 Å². The summed E-state index contributed by atoms with van der Waals surface area (Å²) < 4.78 is 76.5. The molecule has 1 atom stereocenters. The van der Waals surface area contributed by atoms with E-state index in [-0.39, 0.29) is 13.2 Å². The number of alkyl halides is 3. The lowest BCUT2D eigenvalue weighted by molar-refractivity contribution is -0.137. The molecule has 27 heavy (non-hydrogen) atoms. The van der Waals surface area contributed by atoms with Gasteiger partial charge in [0.15, 0.2) is 11.5 Å². The van der Waals surface area contributed by atoms with Gasteiger partial charge in [-0.25, -0.2) is 8.42 Å². The fourth-order valence-corrected chi connectivity index (χ4v) is 4.05. The highest BCUT2D eigenvalue weighted by molar-refractivity contribution is 7.89. The average Bonchev–Trinajstić information content (AvgIpc) is 2.60. The van der Waals surface area contributed by atoms with Gasteiger partial charge < -0.3 is 9.47 Å². The van der Waals surface area contributed by atoms with E-state index >= 15 is 0 Å². The summed E-state index contributed by atoms with van der Waals surface area (Å²) in [5, 5.41) is -0.565. The van der Waals surface area contributed by atoms with E-state index in [0.717, 1.165) is 16.4 Å². The van der Waals surface area contributed by atoms with Crippen LogP contribution in [-0.2, 0) is 16.2 Å². The molecule has 1 heterocycles. The molecule has 1 aliphatic heterocycles. The fourth-order valence-electron chi connectivity index (χ4n) is 2.60. The molecule has 0 saturated heterocycles. The molecule has 5 nitrogen and oxygen atoms in total. The van der Waals surface area contributed by atoms with Crippen molar-refractivity contribution >= 4 is 21.6 Å². The quantitative estimate of drug-likeness (QED) is 0.753. The summed E-state index contributed by atoms with van der Waals surface area (Å²) in [6.07, 6.45) is -5.36. The molecule has 0 aliphatic carbocycles. The minimum atomic E-state index is -4.76. The van der Waals surface area contributed by atoms with Gasteiger partial charge in [0.2, 0.25) is 10.0 Å². The van der Waals surface area contributed by atoms with Crippen LogP contribution in [0.25, 0.3) is 0 Å². The highest BCUT2D eigenvalue weighted by atomic mass is 35.5. The Morgan fingerprint density at radius 2 is 1.85 bits per heavy atom. The molecular weight excluding hydrogens is 407 g/mol. The molecule has 1 aliphatic rings. The largest absolute Gasteiger partial charge is 0.486 e. The van der Waals surface area contributed by atoms with Crippen molar-refractivity contribution in [2.24, 2.45) is 0 Å². The minimum absolute atomic E-state index is 0.0966. The van der Waals surface area contributed by atoms with E-state index in [1.807, 2.05) is 0 Å². The Morgan fingerprint density at radius 1 is 1.19 bits per heavy atom. The van der Waals surface area contributed by atoms with E-state index in [9.17, 15) is 21.6 Å². The second-order valence-electron chi connectivity index (χ2n) is 5.92. The van der Waals surface area contributed by atoms with E-state index in [1.54, 1.807) is 24.3 Å². The van der Waals surface area contributed by atoms with Crippen LogP contribution in [-0.4, -0.2) is 39.0 Å². The highest BCUT2D eigenvalue weighted by Gasteiger charge is 2.35. The third-order valence-electron chi connectivity index (χ3n) is 3.98. The smallest absolute Gasteiger partial charge is 0.417 e. The Morgan fingerprint density at radius 3 is 2.52 bits per heavy atom. The molecule has 0 amide bonds. The molecule has 10 heteroatoms. The summed E-state index contributed by atoms with van der Waals surface area (Å²) in [6.45, 7) is 0.0198. The van der Waals surface area contributed by atoms with Crippen molar-refractivity contribution in [2.75, 3.05) is 20.2 Å². The number of halogens is 4. The lowest BCUT2D eigenvalue weighted by atomic mass is 10.2. The fraction of sp³-hybridized carbons (Fsp3) is 0.294. The number of ether oxygens (including phenoxy) is 2. The summed E-state index contributed by atoms with van der Waals surface area (Å²) in [6, 6.07) is 9.42. The van der Waals surface area contributed by atoms with Crippen molar-refractivity contribution in [3.63, 3.8) is 0 Å². The predicted molar refractivity (Wildman–Crippen MR) is 92.6 cm³/mol. The van der Waals surface area contributed by atoms with Crippen LogP contribution in [0, 0.1) is 0 Å². The Kier molecular flexibility index (Phi) is 5.29. The van der Waals surface area contributed by atoms with Crippen molar-refractivity contribution in [2.45, 2.75) is 17.2 Å². The van der Waals surface area contributed by atoms with Gasteiger partial charge in [-0.2, -0.15) is 17.5 Å².